The molecule has 1 aliphatic heterocycles. The Kier molecular flexibility index (Phi) is 5.47. The SMILES string of the molecule is CCCc1cncc(-c2ccc(F)c([C@@]3(C)N=C(N)COC(C)(C)C3(F)F)c2)c1. The molecule has 0 amide bonds. The lowest BCUT2D eigenvalue weighted by Gasteiger charge is -2.42. The zero-order valence-corrected chi connectivity index (χ0v) is 17.1. The molecule has 2 N–H and O–H groups in total. The summed E-state index contributed by atoms with van der Waals surface area (Å²) in [5.74, 6) is -4.40. The second-order valence-corrected chi connectivity index (χ2v) is 8.08. The van der Waals surface area contributed by atoms with Gasteiger partial charge in [0.1, 0.15) is 23.9 Å². The molecule has 0 spiro atoms. The van der Waals surface area contributed by atoms with Crippen molar-refractivity contribution in [3.63, 3.8) is 0 Å². The highest BCUT2D eigenvalue weighted by atomic mass is 19.3. The first-order valence-corrected chi connectivity index (χ1v) is 9.62. The molecule has 0 saturated carbocycles. The Morgan fingerprint density at radius 3 is 2.52 bits per heavy atom. The summed E-state index contributed by atoms with van der Waals surface area (Å²) in [6, 6.07) is 6.08. The van der Waals surface area contributed by atoms with E-state index >= 15 is 8.78 Å². The van der Waals surface area contributed by atoms with Gasteiger partial charge in [-0.1, -0.05) is 19.4 Å². The minimum absolute atomic E-state index is 0.103. The molecule has 1 aliphatic rings. The summed E-state index contributed by atoms with van der Waals surface area (Å²) in [6.45, 7) is 5.54. The van der Waals surface area contributed by atoms with Gasteiger partial charge in [0, 0.05) is 23.5 Å². The van der Waals surface area contributed by atoms with Gasteiger partial charge in [-0.15, -0.1) is 0 Å². The zero-order chi connectivity index (χ0) is 21.4. The van der Waals surface area contributed by atoms with Crippen LogP contribution in [0, 0.1) is 5.82 Å². The van der Waals surface area contributed by atoms with Crippen LogP contribution in [0.1, 0.15) is 45.2 Å². The maximum atomic E-state index is 15.6. The van der Waals surface area contributed by atoms with E-state index in [0.29, 0.717) is 5.56 Å². The van der Waals surface area contributed by atoms with Gasteiger partial charge in [-0.2, -0.15) is 0 Å². The van der Waals surface area contributed by atoms with Crippen molar-refractivity contribution in [2.45, 2.75) is 57.6 Å². The van der Waals surface area contributed by atoms with Crippen LogP contribution in [0.2, 0.25) is 0 Å². The fourth-order valence-corrected chi connectivity index (χ4v) is 3.70. The number of alkyl halides is 2. The summed E-state index contributed by atoms with van der Waals surface area (Å²) < 4.78 is 51.3. The fraction of sp³-hybridized carbons (Fsp3) is 0.455. The topological polar surface area (TPSA) is 60.5 Å². The molecule has 4 nitrogen and oxygen atoms in total. The van der Waals surface area contributed by atoms with E-state index in [0.717, 1.165) is 24.0 Å². The van der Waals surface area contributed by atoms with Gasteiger partial charge in [-0.25, -0.2) is 13.2 Å². The standard InChI is InChI=1S/C22H26F3N3O/c1-5-6-14-9-16(12-27-11-14)15-7-8-18(23)17(10-15)21(4)22(24,25)20(2,3)29-13-19(26)28-21/h7-12H,5-6,13H2,1-4H3,(H2,26,28)/t21-/m1/s1. The smallest absolute Gasteiger partial charge is 0.304 e. The van der Waals surface area contributed by atoms with Gasteiger partial charge < -0.3 is 10.5 Å². The largest absolute Gasteiger partial charge is 0.385 e. The Balaban J connectivity index is 2.18. The van der Waals surface area contributed by atoms with Crippen molar-refractivity contribution in [2.24, 2.45) is 10.7 Å². The molecule has 29 heavy (non-hydrogen) atoms. The van der Waals surface area contributed by atoms with E-state index in [4.69, 9.17) is 10.5 Å². The van der Waals surface area contributed by atoms with Crippen LogP contribution in [-0.2, 0) is 16.7 Å². The van der Waals surface area contributed by atoms with Crippen LogP contribution in [0.25, 0.3) is 11.1 Å². The summed E-state index contributed by atoms with van der Waals surface area (Å²) in [5.41, 5.74) is 3.78. The molecule has 2 heterocycles. The molecular weight excluding hydrogens is 379 g/mol. The van der Waals surface area contributed by atoms with E-state index in [1.54, 1.807) is 18.5 Å². The maximum Gasteiger partial charge on any atom is 0.304 e. The Hall–Kier alpha value is -2.41. The van der Waals surface area contributed by atoms with Gasteiger partial charge in [0.2, 0.25) is 0 Å². The zero-order valence-electron chi connectivity index (χ0n) is 17.1. The number of benzene rings is 1. The van der Waals surface area contributed by atoms with E-state index in [-0.39, 0.29) is 18.0 Å². The molecule has 0 unspecified atom stereocenters. The molecule has 1 aromatic carbocycles. The number of aromatic nitrogens is 1. The molecular formula is C22H26F3N3O. The minimum Gasteiger partial charge on any atom is -0.385 e. The second-order valence-electron chi connectivity index (χ2n) is 8.08. The summed E-state index contributed by atoms with van der Waals surface area (Å²) in [6.07, 6.45) is 5.20. The monoisotopic (exact) mass is 405 g/mol. The first kappa shape index (κ1) is 21.3. The molecule has 7 heteroatoms. The molecule has 0 aliphatic carbocycles. The van der Waals surface area contributed by atoms with Crippen LogP contribution in [0.4, 0.5) is 13.2 Å². The predicted molar refractivity (Wildman–Crippen MR) is 108 cm³/mol. The van der Waals surface area contributed by atoms with Crippen LogP contribution in [0.15, 0.2) is 41.7 Å². The van der Waals surface area contributed by atoms with Gasteiger partial charge in [-0.3, -0.25) is 9.98 Å². The number of nitrogens with two attached hydrogens (primary N) is 1. The number of nitrogens with zero attached hydrogens (tertiary/aromatic N) is 2. The number of aryl methyl sites for hydroxylation is 1. The number of rotatable bonds is 4. The van der Waals surface area contributed by atoms with Gasteiger partial charge in [0.25, 0.3) is 0 Å². The Bertz CT molecular complexity index is 943. The summed E-state index contributed by atoms with van der Waals surface area (Å²) in [5, 5.41) is 0. The van der Waals surface area contributed by atoms with E-state index < -0.39 is 22.9 Å². The Morgan fingerprint density at radius 2 is 1.83 bits per heavy atom. The van der Waals surface area contributed by atoms with Gasteiger partial charge >= 0.3 is 5.92 Å². The number of halogens is 3. The Labute approximate surface area is 169 Å². The molecule has 156 valence electrons. The van der Waals surface area contributed by atoms with E-state index in [1.165, 1.54) is 32.9 Å². The van der Waals surface area contributed by atoms with Crippen LogP contribution in [-0.4, -0.2) is 29.0 Å². The molecule has 0 radical (unpaired) electrons. The lowest BCUT2D eigenvalue weighted by molar-refractivity contribution is -0.214. The van der Waals surface area contributed by atoms with Crippen molar-refractivity contribution in [1.82, 2.24) is 4.98 Å². The number of aliphatic imine (C=N–C) groups is 1. The van der Waals surface area contributed by atoms with E-state index in [1.807, 2.05) is 6.07 Å². The number of amidine groups is 1. The summed E-state index contributed by atoms with van der Waals surface area (Å²) in [7, 11) is 0. The van der Waals surface area contributed by atoms with Gasteiger partial charge in [-0.05, 0) is 56.5 Å². The van der Waals surface area contributed by atoms with E-state index in [9.17, 15) is 4.39 Å². The van der Waals surface area contributed by atoms with Crippen molar-refractivity contribution in [3.05, 3.63) is 53.6 Å². The maximum absolute atomic E-state index is 15.6. The van der Waals surface area contributed by atoms with Gasteiger partial charge in [0.15, 0.2) is 5.54 Å². The van der Waals surface area contributed by atoms with Crippen molar-refractivity contribution in [2.75, 3.05) is 6.61 Å². The third-order valence-electron chi connectivity index (χ3n) is 5.47. The Morgan fingerprint density at radius 1 is 1.10 bits per heavy atom. The molecule has 1 aromatic heterocycles. The van der Waals surface area contributed by atoms with Crippen molar-refractivity contribution in [1.29, 1.82) is 0 Å². The minimum atomic E-state index is -3.52. The average molecular weight is 405 g/mol. The third kappa shape index (κ3) is 3.64. The highest BCUT2D eigenvalue weighted by molar-refractivity contribution is 5.82. The first-order valence-electron chi connectivity index (χ1n) is 9.62. The third-order valence-corrected chi connectivity index (χ3v) is 5.47. The molecule has 1 atom stereocenters. The highest BCUT2D eigenvalue weighted by Crippen LogP contribution is 2.51. The second kappa shape index (κ2) is 7.44. The molecule has 0 saturated heterocycles. The molecule has 0 fully saturated rings. The molecule has 2 aromatic rings. The fourth-order valence-electron chi connectivity index (χ4n) is 3.70. The summed E-state index contributed by atoms with van der Waals surface area (Å²) in [4.78, 5) is 8.26. The summed E-state index contributed by atoms with van der Waals surface area (Å²) >= 11 is 0. The highest BCUT2D eigenvalue weighted by Gasteiger charge is 2.63. The van der Waals surface area contributed by atoms with Crippen molar-refractivity contribution < 1.29 is 17.9 Å². The number of ether oxygens (including phenoxy) is 1. The number of hydrogen-bond donors (Lipinski definition) is 1. The van der Waals surface area contributed by atoms with E-state index in [2.05, 4.69) is 16.9 Å². The number of pyridine rings is 1. The quantitative estimate of drug-likeness (QED) is 0.791. The van der Waals surface area contributed by atoms with Crippen molar-refractivity contribution >= 4 is 5.84 Å². The average Bonchev–Trinajstić information content (AvgIpc) is 2.72. The van der Waals surface area contributed by atoms with Crippen LogP contribution in [0.3, 0.4) is 0 Å². The lowest BCUT2D eigenvalue weighted by atomic mass is 9.77. The predicted octanol–water partition coefficient (Wildman–Crippen LogP) is 4.86. The van der Waals surface area contributed by atoms with Crippen LogP contribution >= 0.6 is 0 Å². The number of hydrogen-bond acceptors (Lipinski definition) is 4. The van der Waals surface area contributed by atoms with Gasteiger partial charge in [0.05, 0.1) is 0 Å². The van der Waals surface area contributed by atoms with Crippen molar-refractivity contribution in [3.8, 4) is 11.1 Å². The van der Waals surface area contributed by atoms with Crippen LogP contribution < -0.4 is 5.73 Å². The molecule has 3 rings (SSSR count). The van der Waals surface area contributed by atoms with Crippen LogP contribution in [0.5, 0.6) is 0 Å². The molecule has 0 bridgehead atoms. The first-order chi connectivity index (χ1) is 13.5. The lowest BCUT2D eigenvalue weighted by Crippen LogP contribution is -2.56. The normalized spacial score (nSPS) is 23.3.